The molecule has 1 saturated heterocycles. The summed E-state index contributed by atoms with van der Waals surface area (Å²) in [4.78, 5) is 11.4. The molecule has 2 rings (SSSR count). The first-order valence-electron chi connectivity index (χ1n) is 3.97. The number of carbonyl (C=O) groups is 1. The van der Waals surface area contributed by atoms with Gasteiger partial charge in [0.05, 0.1) is 18.2 Å². The molecule has 1 aromatic carbocycles. The molecule has 1 fully saturated rings. The predicted molar refractivity (Wildman–Crippen MR) is 45.2 cm³/mol. The molecule has 3 nitrogen and oxygen atoms in total. The van der Waals surface area contributed by atoms with E-state index in [9.17, 15) is 4.79 Å². The van der Waals surface area contributed by atoms with Gasteiger partial charge in [-0.2, -0.15) is 5.26 Å². The Morgan fingerprint density at radius 3 is 2.54 bits per heavy atom. The van der Waals surface area contributed by atoms with Crippen LogP contribution in [0.15, 0.2) is 24.3 Å². The van der Waals surface area contributed by atoms with Crippen molar-refractivity contribution in [2.45, 2.75) is 6.10 Å². The van der Waals surface area contributed by atoms with Gasteiger partial charge in [0, 0.05) is 5.56 Å². The van der Waals surface area contributed by atoms with Gasteiger partial charge < -0.3 is 4.74 Å². The molecule has 0 radical (unpaired) electrons. The molecular weight excluding hydrogens is 166 g/mol. The second kappa shape index (κ2) is 3.00. The Bertz CT molecular complexity index is 371. The van der Waals surface area contributed by atoms with E-state index in [1.54, 1.807) is 24.3 Å². The van der Waals surface area contributed by atoms with Gasteiger partial charge in [-0.25, -0.2) is 0 Å². The molecule has 1 atom stereocenters. The number of hydrogen-bond acceptors (Lipinski definition) is 3. The van der Waals surface area contributed by atoms with Crippen molar-refractivity contribution in [1.29, 1.82) is 5.26 Å². The number of nitrogens with zero attached hydrogens (tertiary/aromatic N) is 1. The van der Waals surface area contributed by atoms with E-state index in [-0.39, 0.29) is 11.9 Å². The smallest absolute Gasteiger partial charge is 0.193 e. The predicted octanol–water partition coefficient (Wildman–Crippen LogP) is 1.14. The first-order chi connectivity index (χ1) is 6.31. The van der Waals surface area contributed by atoms with Crippen LogP contribution in [0.2, 0.25) is 0 Å². The third kappa shape index (κ3) is 1.58. The van der Waals surface area contributed by atoms with Crippen LogP contribution in [0.4, 0.5) is 0 Å². The zero-order chi connectivity index (χ0) is 9.26. The molecule has 0 saturated carbocycles. The summed E-state index contributed by atoms with van der Waals surface area (Å²) in [5.74, 6) is 0.00416. The molecular formula is C10H7NO2. The van der Waals surface area contributed by atoms with Crippen molar-refractivity contribution in [1.82, 2.24) is 0 Å². The maximum absolute atomic E-state index is 11.4. The number of hydrogen-bond donors (Lipinski definition) is 0. The normalized spacial score (nSPS) is 19.2. The minimum absolute atomic E-state index is 0.00416. The summed E-state index contributed by atoms with van der Waals surface area (Å²) in [6.07, 6.45) is -0.243. The molecule has 1 heterocycles. The number of ketones is 1. The van der Waals surface area contributed by atoms with E-state index in [2.05, 4.69) is 0 Å². The minimum Gasteiger partial charge on any atom is -0.364 e. The maximum Gasteiger partial charge on any atom is 0.193 e. The zero-order valence-corrected chi connectivity index (χ0v) is 6.86. The van der Waals surface area contributed by atoms with E-state index < -0.39 is 0 Å². The molecule has 0 bridgehead atoms. The van der Waals surface area contributed by atoms with Crippen LogP contribution in [0.5, 0.6) is 0 Å². The van der Waals surface area contributed by atoms with Crippen LogP contribution in [0.25, 0.3) is 0 Å². The molecule has 0 aromatic heterocycles. The van der Waals surface area contributed by atoms with Gasteiger partial charge in [0.1, 0.15) is 6.10 Å². The molecule has 0 spiro atoms. The van der Waals surface area contributed by atoms with Gasteiger partial charge >= 0.3 is 0 Å². The van der Waals surface area contributed by atoms with Crippen LogP contribution in [-0.2, 0) is 4.74 Å². The fourth-order valence-corrected chi connectivity index (χ4v) is 1.09. The van der Waals surface area contributed by atoms with Crippen molar-refractivity contribution in [3.8, 4) is 6.07 Å². The molecule has 1 aliphatic rings. The van der Waals surface area contributed by atoms with Crippen molar-refractivity contribution in [3.05, 3.63) is 35.4 Å². The monoisotopic (exact) mass is 173 g/mol. The quantitative estimate of drug-likeness (QED) is 0.497. The Labute approximate surface area is 75.6 Å². The number of carbonyl (C=O) groups excluding carboxylic acids is 1. The van der Waals surface area contributed by atoms with E-state index in [0.717, 1.165) is 0 Å². The largest absolute Gasteiger partial charge is 0.364 e. The maximum atomic E-state index is 11.4. The van der Waals surface area contributed by atoms with E-state index in [1.807, 2.05) is 6.07 Å². The zero-order valence-electron chi connectivity index (χ0n) is 6.86. The van der Waals surface area contributed by atoms with E-state index in [1.165, 1.54) is 0 Å². The number of nitriles is 1. The Kier molecular flexibility index (Phi) is 1.84. The average Bonchev–Trinajstić information content (AvgIpc) is 3.00. The fourth-order valence-electron chi connectivity index (χ4n) is 1.09. The fraction of sp³-hybridized carbons (Fsp3) is 0.200. The Hall–Kier alpha value is -1.66. The van der Waals surface area contributed by atoms with Crippen molar-refractivity contribution >= 4 is 5.78 Å². The van der Waals surface area contributed by atoms with Gasteiger partial charge in [0.15, 0.2) is 5.78 Å². The van der Waals surface area contributed by atoms with Gasteiger partial charge in [-0.15, -0.1) is 0 Å². The molecule has 0 N–H and O–H groups in total. The summed E-state index contributed by atoms with van der Waals surface area (Å²) in [5.41, 5.74) is 1.18. The van der Waals surface area contributed by atoms with E-state index >= 15 is 0 Å². The third-order valence-corrected chi connectivity index (χ3v) is 1.92. The van der Waals surface area contributed by atoms with Gasteiger partial charge in [0.25, 0.3) is 0 Å². The lowest BCUT2D eigenvalue weighted by Gasteiger charge is -1.95. The summed E-state index contributed by atoms with van der Waals surface area (Å²) >= 11 is 0. The molecule has 13 heavy (non-hydrogen) atoms. The number of benzene rings is 1. The number of rotatable bonds is 2. The molecule has 64 valence electrons. The first-order valence-corrected chi connectivity index (χ1v) is 3.97. The molecule has 1 aliphatic heterocycles. The highest BCUT2D eigenvalue weighted by atomic mass is 16.6. The van der Waals surface area contributed by atoms with E-state index in [0.29, 0.717) is 17.7 Å². The molecule has 0 amide bonds. The van der Waals surface area contributed by atoms with Crippen LogP contribution in [0.1, 0.15) is 15.9 Å². The van der Waals surface area contributed by atoms with Gasteiger partial charge in [0.2, 0.25) is 0 Å². The van der Waals surface area contributed by atoms with Gasteiger partial charge in [-0.1, -0.05) is 0 Å². The third-order valence-electron chi connectivity index (χ3n) is 1.92. The van der Waals surface area contributed by atoms with Crippen molar-refractivity contribution < 1.29 is 9.53 Å². The Balaban J connectivity index is 2.22. The highest BCUT2D eigenvalue weighted by Gasteiger charge is 2.31. The number of epoxide rings is 1. The summed E-state index contributed by atoms with van der Waals surface area (Å²) in [6, 6.07) is 8.58. The van der Waals surface area contributed by atoms with Crippen molar-refractivity contribution in [3.63, 3.8) is 0 Å². The molecule has 3 heteroatoms. The highest BCUT2D eigenvalue weighted by molar-refractivity contribution is 6.00. The number of Topliss-reactive ketones (excluding diaryl/α,β-unsaturated/α-hetero) is 1. The number of ether oxygens (including phenoxy) is 1. The standard InChI is InChI=1S/C10H7NO2/c11-5-7-1-3-8(4-2-7)10(12)9-6-13-9/h1-4,9H,6H2. The molecule has 0 aliphatic carbocycles. The topological polar surface area (TPSA) is 53.4 Å². The minimum atomic E-state index is -0.243. The van der Waals surface area contributed by atoms with Crippen molar-refractivity contribution in [2.75, 3.05) is 6.61 Å². The summed E-state index contributed by atoms with van der Waals surface area (Å²) < 4.78 is 4.87. The second-order valence-electron chi connectivity index (χ2n) is 2.88. The van der Waals surface area contributed by atoms with Crippen LogP contribution in [0, 0.1) is 11.3 Å². The summed E-state index contributed by atoms with van der Waals surface area (Å²) in [5, 5.41) is 8.53. The summed E-state index contributed by atoms with van der Waals surface area (Å²) in [6.45, 7) is 0.527. The van der Waals surface area contributed by atoms with Crippen LogP contribution in [0.3, 0.4) is 0 Å². The lowest BCUT2D eigenvalue weighted by Crippen LogP contribution is -2.06. The summed E-state index contributed by atoms with van der Waals surface area (Å²) in [7, 11) is 0. The SMILES string of the molecule is N#Cc1ccc(C(=O)C2CO2)cc1. The van der Waals surface area contributed by atoms with Crippen LogP contribution >= 0.6 is 0 Å². The Morgan fingerprint density at radius 2 is 2.08 bits per heavy atom. The average molecular weight is 173 g/mol. The van der Waals surface area contributed by atoms with Crippen LogP contribution in [-0.4, -0.2) is 18.5 Å². The van der Waals surface area contributed by atoms with Gasteiger partial charge in [-0.3, -0.25) is 4.79 Å². The van der Waals surface area contributed by atoms with Crippen LogP contribution < -0.4 is 0 Å². The molecule has 1 unspecified atom stereocenters. The lowest BCUT2D eigenvalue weighted by atomic mass is 10.1. The highest BCUT2D eigenvalue weighted by Crippen LogP contribution is 2.16. The van der Waals surface area contributed by atoms with Crippen molar-refractivity contribution in [2.24, 2.45) is 0 Å². The first kappa shape index (κ1) is 7.96. The Morgan fingerprint density at radius 1 is 1.46 bits per heavy atom. The molecule has 1 aromatic rings. The lowest BCUT2D eigenvalue weighted by molar-refractivity contribution is 0.0953. The second-order valence-corrected chi connectivity index (χ2v) is 2.88. The van der Waals surface area contributed by atoms with Gasteiger partial charge in [-0.05, 0) is 24.3 Å². The van der Waals surface area contributed by atoms with E-state index in [4.69, 9.17) is 10.00 Å².